The van der Waals surface area contributed by atoms with Crippen molar-refractivity contribution in [2.75, 3.05) is 11.9 Å². The Kier molecular flexibility index (Phi) is 5.69. The first-order chi connectivity index (χ1) is 11.7. The van der Waals surface area contributed by atoms with Crippen LogP contribution < -0.4 is 10.1 Å². The highest BCUT2D eigenvalue weighted by Gasteiger charge is 2.32. The Hall–Kier alpha value is -2.54. The van der Waals surface area contributed by atoms with Gasteiger partial charge in [0.2, 0.25) is 0 Å². The van der Waals surface area contributed by atoms with Crippen LogP contribution in [-0.4, -0.2) is 33.9 Å². The lowest BCUT2D eigenvalue weighted by Gasteiger charge is -2.25. The van der Waals surface area contributed by atoms with Crippen LogP contribution in [0, 0.1) is 0 Å². The minimum Gasteiger partial charge on any atom is -0.478 e. The fourth-order valence-electron chi connectivity index (χ4n) is 2.05. The van der Waals surface area contributed by atoms with Crippen LogP contribution in [0.15, 0.2) is 30.5 Å². The minimum atomic E-state index is -1.19. The van der Waals surface area contributed by atoms with Gasteiger partial charge in [-0.15, -0.1) is 0 Å². The molecular formula is C17H20ClN3O4. The number of anilines is 1. The van der Waals surface area contributed by atoms with Crippen LogP contribution in [-0.2, 0) is 16.6 Å². The number of ether oxygens (including phenoxy) is 2. The van der Waals surface area contributed by atoms with Crippen LogP contribution in [0.2, 0.25) is 5.02 Å². The van der Waals surface area contributed by atoms with Crippen LogP contribution in [0.1, 0.15) is 31.1 Å². The summed E-state index contributed by atoms with van der Waals surface area (Å²) in [5.41, 5.74) is -1.01. The van der Waals surface area contributed by atoms with E-state index in [0.29, 0.717) is 10.8 Å². The van der Waals surface area contributed by atoms with Crippen molar-refractivity contribution >= 4 is 29.3 Å². The topological polar surface area (TPSA) is 82.5 Å². The van der Waals surface area contributed by atoms with Crippen molar-refractivity contribution in [2.45, 2.75) is 26.4 Å². The first-order valence-corrected chi connectivity index (χ1v) is 8.07. The standard InChI is InChI=1S/C17H20ClN3O4/c1-5-24-15(22)13-10-19-21(4)14(13)20-16(23)17(2,3)25-12-8-6-11(18)7-9-12/h6-10H,5H2,1-4H3,(H,20,23). The number of esters is 1. The van der Waals surface area contributed by atoms with E-state index in [1.165, 1.54) is 10.9 Å². The fourth-order valence-corrected chi connectivity index (χ4v) is 2.17. The molecule has 0 spiro atoms. The molecule has 7 nitrogen and oxygen atoms in total. The van der Waals surface area contributed by atoms with E-state index >= 15 is 0 Å². The van der Waals surface area contributed by atoms with Gasteiger partial charge in [-0.3, -0.25) is 9.48 Å². The average Bonchev–Trinajstić information content (AvgIpc) is 2.91. The summed E-state index contributed by atoms with van der Waals surface area (Å²) in [7, 11) is 1.62. The van der Waals surface area contributed by atoms with Crippen LogP contribution in [0.3, 0.4) is 0 Å². The van der Waals surface area contributed by atoms with E-state index in [2.05, 4.69) is 10.4 Å². The number of nitrogens with one attached hydrogen (secondary N) is 1. The third-order valence-corrected chi connectivity index (χ3v) is 3.65. The van der Waals surface area contributed by atoms with Crippen molar-refractivity contribution in [2.24, 2.45) is 7.05 Å². The monoisotopic (exact) mass is 365 g/mol. The average molecular weight is 366 g/mol. The molecule has 0 aliphatic rings. The van der Waals surface area contributed by atoms with E-state index in [4.69, 9.17) is 21.1 Å². The van der Waals surface area contributed by atoms with Gasteiger partial charge in [0, 0.05) is 12.1 Å². The number of aromatic nitrogens is 2. The van der Waals surface area contributed by atoms with E-state index in [9.17, 15) is 9.59 Å². The van der Waals surface area contributed by atoms with Gasteiger partial charge in [0.05, 0.1) is 12.8 Å². The van der Waals surface area contributed by atoms with Crippen molar-refractivity contribution in [3.05, 3.63) is 41.0 Å². The summed E-state index contributed by atoms with van der Waals surface area (Å²) in [6, 6.07) is 6.69. The molecule has 1 amide bonds. The molecule has 2 rings (SSSR count). The largest absolute Gasteiger partial charge is 0.478 e. The van der Waals surface area contributed by atoms with Gasteiger partial charge in [0.1, 0.15) is 17.1 Å². The second-order valence-corrected chi connectivity index (χ2v) is 6.21. The van der Waals surface area contributed by atoms with E-state index in [0.717, 1.165) is 0 Å². The van der Waals surface area contributed by atoms with E-state index in [1.54, 1.807) is 52.1 Å². The molecule has 134 valence electrons. The summed E-state index contributed by atoms with van der Waals surface area (Å²) >= 11 is 5.84. The summed E-state index contributed by atoms with van der Waals surface area (Å²) in [5, 5.41) is 7.25. The lowest BCUT2D eigenvalue weighted by molar-refractivity contribution is -0.128. The normalized spacial score (nSPS) is 11.1. The van der Waals surface area contributed by atoms with Gasteiger partial charge < -0.3 is 14.8 Å². The zero-order valence-electron chi connectivity index (χ0n) is 14.5. The molecule has 0 saturated heterocycles. The first-order valence-electron chi connectivity index (χ1n) is 7.69. The maximum atomic E-state index is 12.6. The number of hydrogen-bond donors (Lipinski definition) is 1. The van der Waals surface area contributed by atoms with Gasteiger partial charge >= 0.3 is 5.97 Å². The van der Waals surface area contributed by atoms with Crippen LogP contribution in [0.25, 0.3) is 0 Å². The van der Waals surface area contributed by atoms with Crippen molar-refractivity contribution in [3.8, 4) is 5.75 Å². The van der Waals surface area contributed by atoms with Crippen LogP contribution in [0.4, 0.5) is 5.82 Å². The molecule has 8 heteroatoms. The van der Waals surface area contributed by atoms with Crippen LogP contribution >= 0.6 is 11.6 Å². The number of halogens is 1. The lowest BCUT2D eigenvalue weighted by Crippen LogP contribution is -2.43. The molecular weight excluding hydrogens is 346 g/mol. The number of rotatable bonds is 6. The van der Waals surface area contributed by atoms with Crippen molar-refractivity contribution < 1.29 is 19.1 Å². The van der Waals surface area contributed by atoms with E-state index in [1.807, 2.05) is 0 Å². The van der Waals surface area contributed by atoms with Gasteiger partial charge in [-0.25, -0.2) is 4.79 Å². The van der Waals surface area contributed by atoms with Gasteiger partial charge in [0.15, 0.2) is 5.60 Å². The second-order valence-electron chi connectivity index (χ2n) is 5.77. The molecule has 0 atom stereocenters. The molecule has 1 heterocycles. The molecule has 1 N–H and O–H groups in total. The van der Waals surface area contributed by atoms with Gasteiger partial charge in [-0.05, 0) is 45.0 Å². The Morgan fingerprint density at radius 1 is 1.28 bits per heavy atom. The summed E-state index contributed by atoms with van der Waals surface area (Å²) in [5.74, 6) is -0.240. The summed E-state index contributed by atoms with van der Waals surface area (Å²) in [6.45, 7) is 5.18. The number of hydrogen-bond acceptors (Lipinski definition) is 5. The van der Waals surface area contributed by atoms with E-state index in [-0.39, 0.29) is 18.0 Å². The van der Waals surface area contributed by atoms with Gasteiger partial charge in [-0.2, -0.15) is 5.10 Å². The summed E-state index contributed by atoms with van der Waals surface area (Å²) < 4.78 is 12.1. The fraction of sp³-hybridized carbons (Fsp3) is 0.353. The third-order valence-electron chi connectivity index (χ3n) is 3.40. The lowest BCUT2D eigenvalue weighted by atomic mass is 10.1. The molecule has 0 fully saturated rings. The van der Waals surface area contributed by atoms with Gasteiger partial charge in [-0.1, -0.05) is 11.6 Å². The second kappa shape index (κ2) is 7.57. The zero-order valence-corrected chi connectivity index (χ0v) is 15.3. The molecule has 0 radical (unpaired) electrons. The quantitative estimate of drug-likeness (QED) is 0.795. The Morgan fingerprint density at radius 3 is 2.52 bits per heavy atom. The number of carbonyl (C=O) groups is 2. The highest BCUT2D eigenvalue weighted by molar-refractivity contribution is 6.30. The molecule has 1 aromatic heterocycles. The SMILES string of the molecule is CCOC(=O)c1cnn(C)c1NC(=O)C(C)(C)Oc1ccc(Cl)cc1. The maximum absolute atomic E-state index is 12.6. The number of nitrogens with zero attached hydrogens (tertiary/aromatic N) is 2. The zero-order chi connectivity index (χ0) is 18.6. The molecule has 0 saturated carbocycles. The first kappa shape index (κ1) is 18.8. The Morgan fingerprint density at radius 2 is 1.92 bits per heavy atom. The summed E-state index contributed by atoms with van der Waals surface area (Å²) in [4.78, 5) is 24.6. The van der Waals surface area contributed by atoms with Gasteiger partial charge in [0.25, 0.3) is 5.91 Å². The third kappa shape index (κ3) is 4.51. The molecule has 2 aromatic rings. The van der Waals surface area contributed by atoms with Crippen molar-refractivity contribution in [1.82, 2.24) is 9.78 Å². The predicted molar refractivity (Wildman–Crippen MR) is 94.0 cm³/mol. The smallest absolute Gasteiger partial charge is 0.343 e. The number of aryl methyl sites for hydroxylation is 1. The summed E-state index contributed by atoms with van der Waals surface area (Å²) in [6.07, 6.45) is 1.35. The number of amides is 1. The number of benzene rings is 1. The van der Waals surface area contributed by atoms with Crippen molar-refractivity contribution in [3.63, 3.8) is 0 Å². The minimum absolute atomic E-state index is 0.181. The highest BCUT2D eigenvalue weighted by atomic mass is 35.5. The Labute approximate surface area is 150 Å². The van der Waals surface area contributed by atoms with E-state index < -0.39 is 17.5 Å². The maximum Gasteiger partial charge on any atom is 0.343 e. The van der Waals surface area contributed by atoms with Crippen LogP contribution in [0.5, 0.6) is 5.75 Å². The molecule has 25 heavy (non-hydrogen) atoms. The van der Waals surface area contributed by atoms with Crippen molar-refractivity contribution in [1.29, 1.82) is 0 Å². The molecule has 0 unspecified atom stereocenters. The highest BCUT2D eigenvalue weighted by Crippen LogP contribution is 2.23. The molecule has 1 aromatic carbocycles. The Balaban J connectivity index is 2.16. The Bertz CT molecular complexity index is 769. The molecule has 0 bridgehead atoms. The molecule has 0 aliphatic carbocycles. The number of carbonyl (C=O) groups excluding carboxylic acids is 2. The molecule has 0 aliphatic heterocycles. The predicted octanol–water partition coefficient (Wildman–Crippen LogP) is 3.05.